The minimum Gasteiger partial charge on any atom is -0.313 e. The molecule has 100 valence electrons. The smallest absolute Gasteiger partial charge is 0.123 e. The minimum atomic E-state index is -0.154. The van der Waals surface area contributed by atoms with E-state index in [9.17, 15) is 4.39 Å². The summed E-state index contributed by atoms with van der Waals surface area (Å²) in [4.78, 5) is 2.39. The highest BCUT2D eigenvalue weighted by atomic mass is 19.1. The van der Waals surface area contributed by atoms with Crippen LogP contribution in [-0.4, -0.2) is 32.1 Å². The van der Waals surface area contributed by atoms with Gasteiger partial charge < -0.3 is 10.2 Å². The summed E-state index contributed by atoms with van der Waals surface area (Å²) in [6.45, 7) is 2.26. The van der Waals surface area contributed by atoms with Gasteiger partial charge in [-0.2, -0.15) is 0 Å². The summed E-state index contributed by atoms with van der Waals surface area (Å²) in [5.41, 5.74) is 1.04. The molecule has 1 unspecified atom stereocenters. The molecule has 1 aromatic carbocycles. The van der Waals surface area contributed by atoms with Gasteiger partial charge in [0.15, 0.2) is 0 Å². The van der Waals surface area contributed by atoms with Gasteiger partial charge >= 0.3 is 0 Å². The maximum Gasteiger partial charge on any atom is 0.123 e. The van der Waals surface area contributed by atoms with E-state index in [1.807, 2.05) is 13.1 Å². The Hall–Kier alpha value is -0.930. The van der Waals surface area contributed by atoms with E-state index in [1.165, 1.54) is 25.5 Å². The zero-order chi connectivity index (χ0) is 13.0. The molecule has 0 heterocycles. The van der Waals surface area contributed by atoms with E-state index in [4.69, 9.17) is 0 Å². The Morgan fingerprint density at radius 1 is 1.44 bits per heavy atom. The molecule has 1 fully saturated rings. The van der Waals surface area contributed by atoms with Crippen LogP contribution in [0.3, 0.4) is 0 Å². The van der Waals surface area contributed by atoms with Gasteiger partial charge in [0, 0.05) is 12.6 Å². The molecule has 1 aliphatic rings. The Bertz CT molecular complexity index is 377. The van der Waals surface area contributed by atoms with Crippen LogP contribution in [0.2, 0.25) is 0 Å². The second-order valence-corrected chi connectivity index (χ2v) is 5.39. The third-order valence-corrected chi connectivity index (χ3v) is 3.67. The number of nitrogens with one attached hydrogen (secondary N) is 1. The zero-order valence-electron chi connectivity index (χ0n) is 11.3. The molecule has 0 saturated heterocycles. The van der Waals surface area contributed by atoms with Gasteiger partial charge in [-0.3, -0.25) is 0 Å². The van der Waals surface area contributed by atoms with Crippen molar-refractivity contribution in [2.24, 2.45) is 5.92 Å². The van der Waals surface area contributed by atoms with Gasteiger partial charge in [-0.25, -0.2) is 4.39 Å². The summed E-state index contributed by atoms with van der Waals surface area (Å²) in [6.07, 6.45) is 3.80. The highest BCUT2D eigenvalue weighted by Crippen LogP contribution is 2.29. The number of rotatable bonds is 7. The van der Waals surface area contributed by atoms with Gasteiger partial charge in [-0.1, -0.05) is 12.1 Å². The molecule has 1 aromatic rings. The fourth-order valence-electron chi connectivity index (χ4n) is 2.38. The lowest BCUT2D eigenvalue weighted by atomic mass is 10.0. The van der Waals surface area contributed by atoms with Crippen molar-refractivity contribution in [2.75, 3.05) is 27.2 Å². The highest BCUT2D eigenvalue weighted by molar-refractivity contribution is 5.20. The number of benzene rings is 1. The van der Waals surface area contributed by atoms with Crippen LogP contribution in [0.1, 0.15) is 30.9 Å². The molecule has 0 radical (unpaired) electrons. The third kappa shape index (κ3) is 4.07. The first kappa shape index (κ1) is 13.5. The van der Waals surface area contributed by atoms with Gasteiger partial charge in [0.2, 0.25) is 0 Å². The molecule has 0 amide bonds. The normalized spacial score (nSPS) is 17.1. The van der Waals surface area contributed by atoms with Crippen molar-refractivity contribution in [1.82, 2.24) is 10.2 Å². The van der Waals surface area contributed by atoms with Gasteiger partial charge in [0.1, 0.15) is 5.82 Å². The van der Waals surface area contributed by atoms with Crippen LogP contribution >= 0.6 is 0 Å². The van der Waals surface area contributed by atoms with E-state index < -0.39 is 0 Å². The molecule has 0 spiro atoms. The van der Waals surface area contributed by atoms with E-state index in [2.05, 4.69) is 17.3 Å². The molecule has 0 aromatic heterocycles. The first-order valence-corrected chi connectivity index (χ1v) is 6.80. The van der Waals surface area contributed by atoms with E-state index in [0.717, 1.165) is 24.4 Å². The van der Waals surface area contributed by atoms with Crippen LogP contribution in [-0.2, 0) is 0 Å². The lowest BCUT2D eigenvalue weighted by Crippen LogP contribution is -2.27. The number of halogens is 1. The molecule has 1 atom stereocenters. The van der Waals surface area contributed by atoms with Crippen LogP contribution in [0.15, 0.2) is 24.3 Å². The lowest BCUT2D eigenvalue weighted by molar-refractivity contribution is 0.299. The lowest BCUT2D eigenvalue weighted by Gasteiger charge is -2.21. The Balaban J connectivity index is 1.84. The molecule has 2 rings (SSSR count). The predicted octanol–water partition coefficient (Wildman–Crippen LogP) is 2.82. The number of hydrogen-bond acceptors (Lipinski definition) is 2. The van der Waals surface area contributed by atoms with Crippen molar-refractivity contribution in [2.45, 2.75) is 25.3 Å². The van der Waals surface area contributed by atoms with Gasteiger partial charge in [0.25, 0.3) is 0 Å². The van der Waals surface area contributed by atoms with Crippen molar-refractivity contribution in [1.29, 1.82) is 0 Å². The summed E-state index contributed by atoms with van der Waals surface area (Å²) in [7, 11) is 4.12. The molecule has 3 heteroatoms. The van der Waals surface area contributed by atoms with Crippen LogP contribution in [0.25, 0.3) is 0 Å². The summed E-state index contributed by atoms with van der Waals surface area (Å²) in [5.74, 6) is 0.774. The van der Waals surface area contributed by atoms with Crippen LogP contribution in [0.5, 0.6) is 0 Å². The zero-order valence-corrected chi connectivity index (χ0v) is 11.3. The molecule has 18 heavy (non-hydrogen) atoms. The second-order valence-electron chi connectivity index (χ2n) is 5.39. The maximum absolute atomic E-state index is 13.2. The number of nitrogens with zero attached hydrogens (tertiary/aromatic N) is 1. The SMILES string of the molecule is CNC(CCN(C)CC1CC1)c1cccc(F)c1. The van der Waals surface area contributed by atoms with Gasteiger partial charge in [-0.05, 0) is 63.5 Å². The molecule has 1 saturated carbocycles. The Morgan fingerprint density at radius 2 is 2.22 bits per heavy atom. The maximum atomic E-state index is 13.2. The molecule has 2 nitrogen and oxygen atoms in total. The third-order valence-electron chi connectivity index (χ3n) is 3.67. The average molecular weight is 250 g/mol. The molecular formula is C15H23FN2. The van der Waals surface area contributed by atoms with Crippen molar-refractivity contribution in [3.05, 3.63) is 35.6 Å². The van der Waals surface area contributed by atoms with E-state index in [1.54, 1.807) is 12.1 Å². The van der Waals surface area contributed by atoms with Crippen molar-refractivity contribution < 1.29 is 4.39 Å². The topological polar surface area (TPSA) is 15.3 Å². The Labute approximate surface area is 109 Å². The minimum absolute atomic E-state index is 0.154. The molecular weight excluding hydrogens is 227 g/mol. The molecule has 0 aliphatic heterocycles. The fourth-order valence-corrected chi connectivity index (χ4v) is 2.38. The molecule has 0 bridgehead atoms. The first-order chi connectivity index (χ1) is 8.69. The molecule has 1 N–H and O–H groups in total. The van der Waals surface area contributed by atoms with Crippen LogP contribution < -0.4 is 5.32 Å². The number of hydrogen-bond donors (Lipinski definition) is 1. The standard InChI is InChI=1S/C15H23FN2/c1-17-15(13-4-3-5-14(16)10-13)8-9-18(2)11-12-6-7-12/h3-5,10,12,15,17H,6-9,11H2,1-2H3. The molecule has 1 aliphatic carbocycles. The van der Waals surface area contributed by atoms with Gasteiger partial charge in [0.05, 0.1) is 0 Å². The fraction of sp³-hybridized carbons (Fsp3) is 0.600. The average Bonchev–Trinajstić information content (AvgIpc) is 3.14. The van der Waals surface area contributed by atoms with Crippen molar-refractivity contribution >= 4 is 0 Å². The summed E-state index contributed by atoms with van der Waals surface area (Å²) in [5, 5.41) is 3.28. The summed E-state index contributed by atoms with van der Waals surface area (Å²) < 4.78 is 13.2. The monoisotopic (exact) mass is 250 g/mol. The summed E-state index contributed by atoms with van der Waals surface area (Å²) >= 11 is 0. The predicted molar refractivity (Wildman–Crippen MR) is 73.0 cm³/mol. The van der Waals surface area contributed by atoms with E-state index in [0.29, 0.717) is 0 Å². The largest absolute Gasteiger partial charge is 0.313 e. The van der Waals surface area contributed by atoms with Crippen molar-refractivity contribution in [3.63, 3.8) is 0 Å². The second kappa shape index (κ2) is 6.30. The van der Waals surface area contributed by atoms with E-state index >= 15 is 0 Å². The quantitative estimate of drug-likeness (QED) is 0.800. The Morgan fingerprint density at radius 3 is 2.83 bits per heavy atom. The first-order valence-electron chi connectivity index (χ1n) is 6.80. The van der Waals surface area contributed by atoms with Crippen LogP contribution in [0.4, 0.5) is 4.39 Å². The van der Waals surface area contributed by atoms with Crippen molar-refractivity contribution in [3.8, 4) is 0 Å². The highest BCUT2D eigenvalue weighted by Gasteiger charge is 2.23. The van der Waals surface area contributed by atoms with Crippen LogP contribution in [0, 0.1) is 11.7 Å². The van der Waals surface area contributed by atoms with Gasteiger partial charge in [-0.15, -0.1) is 0 Å². The Kier molecular flexibility index (Phi) is 4.72. The van der Waals surface area contributed by atoms with E-state index in [-0.39, 0.29) is 11.9 Å². The summed E-state index contributed by atoms with van der Waals surface area (Å²) in [6, 6.07) is 7.13.